The zero-order valence-corrected chi connectivity index (χ0v) is 10.1. The Morgan fingerprint density at radius 3 is 2.29 bits per heavy atom. The molecule has 1 rings (SSSR count). The van der Waals surface area contributed by atoms with Gasteiger partial charge in [-0.25, -0.2) is 8.42 Å². The SMILES string of the molecule is CC(=O)c1ccc(S(C)(=O)=O)c(Br)c1. The van der Waals surface area contributed by atoms with E-state index in [0.717, 1.165) is 6.26 Å². The van der Waals surface area contributed by atoms with Crippen LogP contribution >= 0.6 is 15.9 Å². The van der Waals surface area contributed by atoms with E-state index < -0.39 is 9.84 Å². The van der Waals surface area contributed by atoms with Gasteiger partial charge < -0.3 is 0 Å². The number of carbonyl (C=O) groups excluding carboxylic acids is 1. The first-order valence-corrected chi connectivity index (χ1v) is 6.51. The second kappa shape index (κ2) is 3.82. The highest BCUT2D eigenvalue weighted by atomic mass is 79.9. The molecule has 0 aliphatic heterocycles. The highest BCUT2D eigenvalue weighted by Gasteiger charge is 2.12. The van der Waals surface area contributed by atoms with Crippen LogP contribution in [0.1, 0.15) is 17.3 Å². The summed E-state index contributed by atoms with van der Waals surface area (Å²) in [5.41, 5.74) is 0.490. The van der Waals surface area contributed by atoms with E-state index in [0.29, 0.717) is 10.0 Å². The summed E-state index contributed by atoms with van der Waals surface area (Å²) in [6.07, 6.45) is 1.13. The fraction of sp³-hybridized carbons (Fsp3) is 0.222. The van der Waals surface area contributed by atoms with Gasteiger partial charge in [0.15, 0.2) is 15.6 Å². The lowest BCUT2D eigenvalue weighted by atomic mass is 10.2. The smallest absolute Gasteiger partial charge is 0.176 e. The summed E-state index contributed by atoms with van der Waals surface area (Å²) >= 11 is 3.12. The quantitative estimate of drug-likeness (QED) is 0.777. The molecule has 3 nitrogen and oxygen atoms in total. The summed E-state index contributed by atoms with van der Waals surface area (Å²) in [5, 5.41) is 0. The van der Waals surface area contributed by atoms with Crippen LogP contribution in [0.25, 0.3) is 0 Å². The van der Waals surface area contributed by atoms with E-state index in [1.807, 2.05) is 0 Å². The van der Waals surface area contributed by atoms with Crippen molar-refractivity contribution in [2.75, 3.05) is 6.26 Å². The minimum Gasteiger partial charge on any atom is -0.295 e. The molecule has 0 fully saturated rings. The van der Waals surface area contributed by atoms with Gasteiger partial charge in [-0.3, -0.25) is 4.79 Å². The van der Waals surface area contributed by atoms with Gasteiger partial charge in [0.1, 0.15) is 0 Å². The van der Waals surface area contributed by atoms with Gasteiger partial charge >= 0.3 is 0 Å². The highest BCUT2D eigenvalue weighted by molar-refractivity contribution is 9.10. The Labute approximate surface area is 91.2 Å². The molecule has 0 saturated carbocycles. The predicted molar refractivity (Wildman–Crippen MR) is 57.3 cm³/mol. The van der Waals surface area contributed by atoms with E-state index in [9.17, 15) is 13.2 Å². The Morgan fingerprint density at radius 1 is 1.36 bits per heavy atom. The van der Waals surface area contributed by atoms with E-state index in [1.165, 1.54) is 25.1 Å². The molecule has 0 atom stereocenters. The van der Waals surface area contributed by atoms with Gasteiger partial charge in [-0.15, -0.1) is 0 Å². The van der Waals surface area contributed by atoms with Crippen molar-refractivity contribution in [3.05, 3.63) is 28.2 Å². The normalized spacial score (nSPS) is 11.4. The first-order valence-electron chi connectivity index (χ1n) is 3.83. The summed E-state index contributed by atoms with van der Waals surface area (Å²) in [7, 11) is -3.23. The lowest BCUT2D eigenvalue weighted by molar-refractivity contribution is 0.101. The fourth-order valence-corrected chi connectivity index (χ4v) is 3.01. The number of hydrogen-bond acceptors (Lipinski definition) is 3. The summed E-state index contributed by atoms with van der Waals surface area (Å²) in [6, 6.07) is 4.44. The maximum Gasteiger partial charge on any atom is 0.176 e. The Morgan fingerprint density at radius 2 is 1.93 bits per heavy atom. The lowest BCUT2D eigenvalue weighted by Crippen LogP contribution is -2.00. The lowest BCUT2D eigenvalue weighted by Gasteiger charge is -2.03. The Bertz CT molecular complexity index is 477. The molecule has 0 amide bonds. The molecular formula is C9H9BrO3S. The van der Waals surface area contributed by atoms with Crippen LogP contribution in [0.15, 0.2) is 27.6 Å². The van der Waals surface area contributed by atoms with Crippen molar-refractivity contribution in [1.82, 2.24) is 0 Å². The van der Waals surface area contributed by atoms with Crippen molar-refractivity contribution >= 4 is 31.6 Å². The molecule has 0 unspecified atom stereocenters. The maximum atomic E-state index is 11.2. The third kappa shape index (κ3) is 2.42. The first kappa shape index (κ1) is 11.4. The Balaban J connectivity index is 3.35. The van der Waals surface area contributed by atoms with Gasteiger partial charge in [0.2, 0.25) is 0 Å². The van der Waals surface area contributed by atoms with Gasteiger partial charge in [-0.2, -0.15) is 0 Å². The Kier molecular flexibility index (Phi) is 3.11. The van der Waals surface area contributed by atoms with Crippen molar-refractivity contribution in [2.45, 2.75) is 11.8 Å². The molecule has 0 spiro atoms. The van der Waals surface area contributed by atoms with Crippen molar-refractivity contribution in [1.29, 1.82) is 0 Å². The largest absolute Gasteiger partial charge is 0.295 e. The minimum absolute atomic E-state index is 0.0919. The molecule has 5 heteroatoms. The number of Topliss-reactive ketones (excluding diaryl/α,β-unsaturated/α-hetero) is 1. The average Bonchev–Trinajstić information content (AvgIpc) is 2.01. The highest BCUT2D eigenvalue weighted by Crippen LogP contribution is 2.23. The van der Waals surface area contributed by atoms with Crippen LogP contribution in [0.2, 0.25) is 0 Å². The van der Waals surface area contributed by atoms with E-state index in [4.69, 9.17) is 0 Å². The van der Waals surface area contributed by atoms with Crippen LogP contribution in [0.4, 0.5) is 0 Å². The summed E-state index contributed by atoms with van der Waals surface area (Å²) < 4.78 is 22.9. The number of benzene rings is 1. The number of rotatable bonds is 2. The van der Waals surface area contributed by atoms with E-state index in [-0.39, 0.29) is 10.7 Å². The van der Waals surface area contributed by atoms with E-state index in [1.54, 1.807) is 0 Å². The molecule has 14 heavy (non-hydrogen) atoms. The topological polar surface area (TPSA) is 51.2 Å². The van der Waals surface area contributed by atoms with Crippen LogP contribution in [-0.4, -0.2) is 20.5 Å². The molecule has 76 valence electrons. The van der Waals surface area contributed by atoms with E-state index >= 15 is 0 Å². The summed E-state index contributed by atoms with van der Waals surface area (Å²) in [5.74, 6) is -0.0919. The number of halogens is 1. The van der Waals surface area contributed by atoms with E-state index in [2.05, 4.69) is 15.9 Å². The van der Waals surface area contributed by atoms with Gasteiger partial charge in [-0.1, -0.05) is 6.07 Å². The molecule has 0 heterocycles. The molecule has 1 aromatic rings. The summed E-state index contributed by atoms with van der Waals surface area (Å²) in [4.78, 5) is 11.2. The second-order valence-corrected chi connectivity index (χ2v) is 5.81. The van der Waals surface area contributed by atoms with Gasteiger partial charge in [0.05, 0.1) is 4.90 Å². The molecule has 1 aromatic carbocycles. The number of ketones is 1. The molecule has 0 aliphatic carbocycles. The molecular weight excluding hydrogens is 268 g/mol. The van der Waals surface area contributed by atoms with Crippen LogP contribution in [0, 0.1) is 0 Å². The summed E-state index contributed by atoms with van der Waals surface area (Å²) in [6.45, 7) is 1.43. The van der Waals surface area contributed by atoms with Crippen molar-refractivity contribution < 1.29 is 13.2 Å². The van der Waals surface area contributed by atoms with Crippen LogP contribution in [0.3, 0.4) is 0 Å². The molecule has 0 saturated heterocycles. The average molecular weight is 277 g/mol. The Hall–Kier alpha value is -0.680. The zero-order valence-electron chi connectivity index (χ0n) is 7.74. The standard InChI is InChI=1S/C9H9BrO3S/c1-6(11)7-3-4-9(8(10)5-7)14(2,12)13/h3-5H,1-2H3. The van der Waals surface area contributed by atoms with Gasteiger partial charge in [-0.05, 0) is 35.0 Å². The number of hydrogen-bond donors (Lipinski definition) is 0. The zero-order chi connectivity index (χ0) is 10.9. The van der Waals surface area contributed by atoms with Crippen LogP contribution < -0.4 is 0 Å². The molecule has 0 aromatic heterocycles. The third-order valence-corrected chi connectivity index (χ3v) is 3.81. The van der Waals surface area contributed by atoms with Crippen molar-refractivity contribution in [3.8, 4) is 0 Å². The van der Waals surface area contributed by atoms with Crippen molar-refractivity contribution in [3.63, 3.8) is 0 Å². The fourth-order valence-electron chi connectivity index (χ4n) is 1.02. The maximum absolute atomic E-state index is 11.2. The second-order valence-electron chi connectivity index (χ2n) is 2.97. The van der Waals surface area contributed by atoms with Gasteiger partial charge in [0.25, 0.3) is 0 Å². The minimum atomic E-state index is -3.23. The van der Waals surface area contributed by atoms with Gasteiger partial charge in [0, 0.05) is 16.3 Å². The predicted octanol–water partition coefficient (Wildman–Crippen LogP) is 2.06. The van der Waals surface area contributed by atoms with Crippen LogP contribution in [-0.2, 0) is 9.84 Å². The monoisotopic (exact) mass is 276 g/mol. The molecule has 0 radical (unpaired) electrons. The van der Waals surface area contributed by atoms with Crippen LogP contribution in [0.5, 0.6) is 0 Å². The molecule has 0 aliphatic rings. The van der Waals surface area contributed by atoms with Crippen molar-refractivity contribution in [2.24, 2.45) is 0 Å². The first-order chi connectivity index (χ1) is 6.32. The molecule has 0 bridgehead atoms. The number of carbonyl (C=O) groups is 1. The third-order valence-electron chi connectivity index (χ3n) is 1.74. The molecule has 0 N–H and O–H groups in total. The number of sulfone groups is 1.